The number of hydrogen-bond donors (Lipinski definition) is 3. The minimum Gasteiger partial charge on any atom is -0.479 e. The number of likely N-dealkylation sites (tertiary alicyclic amines) is 1. The summed E-state index contributed by atoms with van der Waals surface area (Å²) in [7, 11) is 1.32. The van der Waals surface area contributed by atoms with Crippen molar-refractivity contribution in [2.75, 3.05) is 33.4 Å². The number of fused-ring (bicyclic) bond motifs is 3. The molecule has 0 aromatic heterocycles. The molecule has 0 radical (unpaired) electrons. The molecular formula is C33H37N3O6. The molecule has 3 aromatic carbocycles. The monoisotopic (exact) mass is 571 g/mol. The lowest BCUT2D eigenvalue weighted by molar-refractivity contribution is -0.149. The summed E-state index contributed by atoms with van der Waals surface area (Å²) < 4.78 is 10.8. The second kappa shape index (κ2) is 13.2. The molecule has 0 bridgehead atoms. The highest BCUT2D eigenvalue weighted by Gasteiger charge is 2.43. The van der Waals surface area contributed by atoms with Crippen molar-refractivity contribution >= 4 is 18.0 Å². The van der Waals surface area contributed by atoms with Crippen LogP contribution in [0.25, 0.3) is 11.1 Å². The normalized spacial score (nSPS) is 16.6. The Morgan fingerprint density at radius 2 is 1.52 bits per heavy atom. The van der Waals surface area contributed by atoms with Crippen molar-refractivity contribution in [1.29, 1.82) is 0 Å². The number of rotatable bonds is 11. The number of amides is 2. The van der Waals surface area contributed by atoms with E-state index in [9.17, 15) is 19.5 Å². The van der Waals surface area contributed by atoms with Crippen LogP contribution in [0.15, 0.2) is 78.9 Å². The first-order valence-corrected chi connectivity index (χ1v) is 14.3. The van der Waals surface area contributed by atoms with Crippen LogP contribution in [-0.2, 0) is 25.6 Å². The number of carboxylic acid groups (broad SMARTS) is 1. The molecule has 0 spiro atoms. The fraction of sp³-hybridized carbons (Fsp3) is 0.364. The van der Waals surface area contributed by atoms with Gasteiger partial charge in [0.05, 0.1) is 0 Å². The lowest BCUT2D eigenvalue weighted by atomic mass is 9.86. The predicted molar refractivity (Wildman–Crippen MR) is 158 cm³/mol. The van der Waals surface area contributed by atoms with E-state index in [0.29, 0.717) is 25.9 Å². The quantitative estimate of drug-likeness (QED) is 0.316. The fourth-order valence-corrected chi connectivity index (χ4v) is 6.00. The molecule has 9 nitrogen and oxygen atoms in total. The number of carboxylic acids is 1. The van der Waals surface area contributed by atoms with E-state index in [4.69, 9.17) is 9.47 Å². The van der Waals surface area contributed by atoms with Gasteiger partial charge in [0.1, 0.15) is 12.1 Å². The second-order valence-electron chi connectivity index (χ2n) is 10.9. The summed E-state index contributed by atoms with van der Waals surface area (Å²) in [6.45, 7) is 2.19. The standard InChI is InChI=1S/C33H37N3O6/c1-41-29(30(37)38)15-18-34-31(39)33(16-19-36(20-17-33)21-23-9-3-2-4-10-23)35-32(40)42-22-28-26-13-7-5-11-24(26)25-12-6-8-14-27(25)28/h2-14,28-29H,15-22H2,1H3,(H,34,39)(H,35,40)(H,37,38). The summed E-state index contributed by atoms with van der Waals surface area (Å²) in [6.07, 6.45) is -0.781. The maximum absolute atomic E-state index is 13.6. The summed E-state index contributed by atoms with van der Waals surface area (Å²) >= 11 is 0. The zero-order chi connectivity index (χ0) is 29.5. The zero-order valence-corrected chi connectivity index (χ0v) is 23.8. The molecule has 1 atom stereocenters. The van der Waals surface area contributed by atoms with Crippen LogP contribution >= 0.6 is 0 Å². The van der Waals surface area contributed by atoms with Gasteiger partial charge in [0, 0.05) is 45.6 Å². The number of aliphatic carboxylic acids is 1. The van der Waals surface area contributed by atoms with Crippen molar-refractivity contribution < 1.29 is 29.0 Å². The average molecular weight is 572 g/mol. The molecular weight excluding hydrogens is 534 g/mol. The first-order valence-electron chi connectivity index (χ1n) is 14.3. The van der Waals surface area contributed by atoms with Crippen LogP contribution in [-0.4, -0.2) is 73.0 Å². The molecule has 1 fully saturated rings. The smallest absolute Gasteiger partial charge is 0.408 e. The number of carbonyl (C=O) groups excluding carboxylic acids is 2. The van der Waals surface area contributed by atoms with Crippen molar-refractivity contribution in [1.82, 2.24) is 15.5 Å². The number of piperidine rings is 1. The highest BCUT2D eigenvalue weighted by molar-refractivity contribution is 5.90. The number of nitrogens with one attached hydrogen (secondary N) is 2. The average Bonchev–Trinajstić information content (AvgIpc) is 3.33. The van der Waals surface area contributed by atoms with Gasteiger partial charge in [-0.3, -0.25) is 9.69 Å². The number of hydrogen-bond acceptors (Lipinski definition) is 6. The van der Waals surface area contributed by atoms with Gasteiger partial charge in [-0.05, 0) is 40.7 Å². The van der Waals surface area contributed by atoms with E-state index in [1.807, 2.05) is 42.5 Å². The SMILES string of the molecule is COC(CCNC(=O)C1(NC(=O)OCC2c3ccccc3-c3ccccc32)CCN(Cc2ccccc2)CC1)C(=O)O. The molecule has 5 rings (SSSR count). The molecule has 1 heterocycles. The molecule has 9 heteroatoms. The summed E-state index contributed by atoms with van der Waals surface area (Å²) in [6, 6.07) is 26.4. The topological polar surface area (TPSA) is 117 Å². The number of benzene rings is 3. The van der Waals surface area contributed by atoms with E-state index in [-0.39, 0.29) is 31.4 Å². The number of ether oxygens (including phenoxy) is 2. The van der Waals surface area contributed by atoms with Crippen molar-refractivity contribution in [3.8, 4) is 11.1 Å². The molecule has 1 saturated heterocycles. The minimum atomic E-state index is -1.18. The highest BCUT2D eigenvalue weighted by atomic mass is 16.5. The minimum absolute atomic E-state index is 0.0948. The van der Waals surface area contributed by atoms with Crippen LogP contribution in [0.3, 0.4) is 0 Å². The van der Waals surface area contributed by atoms with Gasteiger partial charge in [-0.25, -0.2) is 9.59 Å². The van der Waals surface area contributed by atoms with Crippen molar-refractivity contribution in [3.05, 3.63) is 95.6 Å². The van der Waals surface area contributed by atoms with Gasteiger partial charge >= 0.3 is 12.1 Å². The lowest BCUT2D eigenvalue weighted by Crippen LogP contribution is -2.63. The van der Waals surface area contributed by atoms with Crippen LogP contribution in [0.1, 0.15) is 41.9 Å². The molecule has 1 aliphatic heterocycles. The molecule has 220 valence electrons. The molecule has 42 heavy (non-hydrogen) atoms. The van der Waals surface area contributed by atoms with Crippen LogP contribution in [0.2, 0.25) is 0 Å². The summed E-state index contributed by atoms with van der Waals surface area (Å²) in [4.78, 5) is 40.4. The third-order valence-electron chi connectivity index (χ3n) is 8.33. The van der Waals surface area contributed by atoms with E-state index in [1.165, 1.54) is 12.7 Å². The van der Waals surface area contributed by atoms with Crippen molar-refractivity contribution in [2.24, 2.45) is 0 Å². The maximum atomic E-state index is 13.6. The van der Waals surface area contributed by atoms with Gasteiger partial charge in [0.25, 0.3) is 0 Å². The Labute approximate surface area is 245 Å². The summed E-state index contributed by atoms with van der Waals surface area (Å²) in [5, 5.41) is 15.0. The Morgan fingerprint density at radius 1 is 0.929 bits per heavy atom. The second-order valence-corrected chi connectivity index (χ2v) is 10.9. The predicted octanol–water partition coefficient (Wildman–Crippen LogP) is 4.17. The van der Waals surface area contributed by atoms with E-state index in [0.717, 1.165) is 28.8 Å². The fourth-order valence-electron chi connectivity index (χ4n) is 6.00. The van der Waals surface area contributed by atoms with Crippen LogP contribution < -0.4 is 10.6 Å². The first-order chi connectivity index (χ1) is 20.4. The Kier molecular flexibility index (Phi) is 9.19. The van der Waals surface area contributed by atoms with Crippen LogP contribution in [0.5, 0.6) is 0 Å². The van der Waals surface area contributed by atoms with Gasteiger partial charge in [0.2, 0.25) is 5.91 Å². The van der Waals surface area contributed by atoms with E-state index in [1.54, 1.807) is 0 Å². The van der Waals surface area contributed by atoms with Gasteiger partial charge in [0.15, 0.2) is 6.10 Å². The first kappa shape index (κ1) is 29.3. The molecule has 1 aliphatic carbocycles. The summed E-state index contributed by atoms with van der Waals surface area (Å²) in [5.41, 5.74) is 4.50. The van der Waals surface area contributed by atoms with Gasteiger partial charge in [-0.2, -0.15) is 0 Å². The highest BCUT2D eigenvalue weighted by Crippen LogP contribution is 2.44. The van der Waals surface area contributed by atoms with Crippen molar-refractivity contribution in [3.63, 3.8) is 0 Å². The van der Waals surface area contributed by atoms with Gasteiger partial charge < -0.3 is 25.2 Å². The Balaban J connectivity index is 1.25. The molecule has 3 aromatic rings. The lowest BCUT2D eigenvalue weighted by Gasteiger charge is -2.41. The van der Waals surface area contributed by atoms with E-state index >= 15 is 0 Å². The Bertz CT molecular complexity index is 1360. The molecule has 0 saturated carbocycles. The number of nitrogens with zero attached hydrogens (tertiary/aromatic N) is 1. The Morgan fingerprint density at radius 3 is 2.12 bits per heavy atom. The molecule has 2 amide bonds. The number of carbonyl (C=O) groups is 3. The summed E-state index contributed by atoms with van der Waals surface area (Å²) in [5.74, 6) is -1.54. The number of alkyl carbamates (subject to hydrolysis) is 1. The molecule has 1 unspecified atom stereocenters. The third-order valence-corrected chi connectivity index (χ3v) is 8.33. The van der Waals surface area contributed by atoms with Crippen LogP contribution in [0.4, 0.5) is 4.79 Å². The Hall–Kier alpha value is -4.21. The van der Waals surface area contributed by atoms with Gasteiger partial charge in [-0.15, -0.1) is 0 Å². The molecule has 3 N–H and O–H groups in total. The van der Waals surface area contributed by atoms with Crippen LogP contribution in [0, 0.1) is 0 Å². The zero-order valence-electron chi connectivity index (χ0n) is 23.8. The van der Waals surface area contributed by atoms with E-state index in [2.05, 4.69) is 51.9 Å². The molecule has 2 aliphatic rings. The maximum Gasteiger partial charge on any atom is 0.408 e. The number of methoxy groups -OCH3 is 1. The van der Waals surface area contributed by atoms with Crippen molar-refractivity contribution in [2.45, 2.75) is 43.4 Å². The third kappa shape index (κ3) is 6.48. The van der Waals surface area contributed by atoms with E-state index < -0.39 is 23.7 Å². The van der Waals surface area contributed by atoms with Gasteiger partial charge in [-0.1, -0.05) is 78.9 Å². The largest absolute Gasteiger partial charge is 0.479 e.